The van der Waals surface area contributed by atoms with Crippen LogP contribution in [0.2, 0.25) is 0 Å². The first-order valence-corrected chi connectivity index (χ1v) is 8.00. The minimum Gasteiger partial charge on any atom is -0.504 e. The number of phenols is 4. The normalized spacial score (nSPS) is 10.6. The maximum Gasteiger partial charge on any atom is 0.257 e. The summed E-state index contributed by atoms with van der Waals surface area (Å²) in [7, 11) is 0. The minimum absolute atomic E-state index is 0.173. The molecule has 128 valence electrons. The van der Waals surface area contributed by atoms with E-state index in [0.29, 0.717) is 16.4 Å². The van der Waals surface area contributed by atoms with Crippen LogP contribution in [0.1, 0.15) is 15.2 Å². The molecule has 0 saturated heterocycles. The summed E-state index contributed by atoms with van der Waals surface area (Å²) < 4.78 is 0. The number of aromatic nitrogens is 1. The molecule has 0 aliphatic heterocycles. The van der Waals surface area contributed by atoms with Gasteiger partial charge in [0.25, 0.3) is 5.91 Å². The van der Waals surface area contributed by atoms with Crippen LogP contribution in [0.5, 0.6) is 23.0 Å². The fourth-order valence-electron chi connectivity index (χ4n) is 2.22. The van der Waals surface area contributed by atoms with E-state index in [4.69, 9.17) is 0 Å². The smallest absolute Gasteiger partial charge is 0.257 e. The molecule has 5 N–H and O–H groups in total. The molecule has 3 aromatic rings. The number of phenolic OH excluding ortho intramolecular Hbond substituents is 4. The van der Waals surface area contributed by atoms with Gasteiger partial charge in [-0.1, -0.05) is 0 Å². The second kappa shape index (κ2) is 6.33. The van der Waals surface area contributed by atoms with E-state index in [1.165, 1.54) is 35.6 Å². The summed E-state index contributed by atoms with van der Waals surface area (Å²) in [5, 5.41) is 40.7. The van der Waals surface area contributed by atoms with Crippen molar-refractivity contribution in [1.82, 2.24) is 4.98 Å². The van der Waals surface area contributed by atoms with E-state index in [1.807, 2.05) is 6.92 Å². The Morgan fingerprint density at radius 3 is 2.24 bits per heavy atom. The molecule has 0 aliphatic carbocycles. The van der Waals surface area contributed by atoms with E-state index in [0.717, 1.165) is 10.9 Å². The van der Waals surface area contributed by atoms with Crippen LogP contribution in [0, 0.1) is 6.92 Å². The molecule has 8 heteroatoms. The van der Waals surface area contributed by atoms with Crippen LogP contribution in [0.25, 0.3) is 11.3 Å². The summed E-state index contributed by atoms with van der Waals surface area (Å²) in [6, 6.07) is 8.12. The molecule has 1 aromatic heterocycles. The first-order chi connectivity index (χ1) is 11.8. The third-order valence-corrected chi connectivity index (χ3v) is 4.39. The summed E-state index contributed by atoms with van der Waals surface area (Å²) >= 11 is 1.25. The van der Waals surface area contributed by atoms with Crippen molar-refractivity contribution in [3.05, 3.63) is 46.8 Å². The zero-order valence-corrected chi connectivity index (χ0v) is 13.8. The van der Waals surface area contributed by atoms with Gasteiger partial charge in [0.1, 0.15) is 0 Å². The molecule has 0 unspecified atom stereocenters. The number of anilines is 1. The van der Waals surface area contributed by atoms with Crippen LogP contribution in [0.3, 0.4) is 0 Å². The summed E-state index contributed by atoms with van der Waals surface area (Å²) in [5.41, 5.74) is 1.35. The highest BCUT2D eigenvalue weighted by atomic mass is 32.1. The Morgan fingerprint density at radius 1 is 0.960 bits per heavy atom. The van der Waals surface area contributed by atoms with Crippen LogP contribution in [0.15, 0.2) is 36.4 Å². The number of aryl methyl sites for hydroxylation is 1. The molecule has 0 saturated carbocycles. The molecule has 2 aromatic carbocycles. The van der Waals surface area contributed by atoms with Gasteiger partial charge in [0.05, 0.1) is 5.69 Å². The van der Waals surface area contributed by atoms with Gasteiger partial charge in [-0.05, 0) is 43.3 Å². The highest BCUT2D eigenvalue weighted by molar-refractivity contribution is 7.16. The Bertz CT molecular complexity index is 968. The van der Waals surface area contributed by atoms with Gasteiger partial charge in [-0.2, -0.15) is 0 Å². The number of nitrogens with one attached hydrogen (secondary N) is 1. The van der Waals surface area contributed by atoms with Gasteiger partial charge in [-0.15, -0.1) is 11.3 Å². The first kappa shape index (κ1) is 16.6. The van der Waals surface area contributed by atoms with E-state index in [9.17, 15) is 25.2 Å². The van der Waals surface area contributed by atoms with E-state index >= 15 is 0 Å². The van der Waals surface area contributed by atoms with Crippen molar-refractivity contribution in [2.45, 2.75) is 6.92 Å². The van der Waals surface area contributed by atoms with Crippen LogP contribution in [0.4, 0.5) is 5.13 Å². The van der Waals surface area contributed by atoms with E-state index in [1.54, 1.807) is 6.07 Å². The first-order valence-electron chi connectivity index (χ1n) is 7.18. The standard InChI is InChI=1S/C17H14N2O5S/c1-8-15(9-2-4-11(20)13(22)6-9)18-17(25-8)19-16(24)10-3-5-12(21)14(23)7-10/h2-7,20-23H,1H3,(H,18,19,24). The summed E-state index contributed by atoms with van der Waals surface area (Å²) in [6.07, 6.45) is 0. The molecule has 0 spiro atoms. The number of aromatic hydroxyl groups is 4. The van der Waals surface area contributed by atoms with Gasteiger partial charge in [-0.25, -0.2) is 4.98 Å². The van der Waals surface area contributed by atoms with E-state index < -0.39 is 5.91 Å². The van der Waals surface area contributed by atoms with Crippen molar-refractivity contribution in [3.63, 3.8) is 0 Å². The highest BCUT2D eigenvalue weighted by Crippen LogP contribution is 2.35. The molecule has 3 rings (SSSR count). The second-order valence-corrected chi connectivity index (χ2v) is 6.49. The van der Waals surface area contributed by atoms with Crippen LogP contribution in [-0.4, -0.2) is 31.3 Å². The number of hydrogen-bond acceptors (Lipinski definition) is 7. The van der Waals surface area contributed by atoms with E-state index in [-0.39, 0.29) is 28.6 Å². The fraction of sp³-hybridized carbons (Fsp3) is 0.0588. The van der Waals surface area contributed by atoms with Crippen molar-refractivity contribution < 1.29 is 25.2 Å². The number of rotatable bonds is 3. The number of thiazole rings is 1. The third kappa shape index (κ3) is 3.33. The summed E-state index contributed by atoms with van der Waals surface area (Å²) in [4.78, 5) is 17.4. The van der Waals surface area contributed by atoms with Crippen molar-refractivity contribution in [3.8, 4) is 34.3 Å². The molecule has 1 amide bonds. The van der Waals surface area contributed by atoms with Gasteiger partial charge in [0, 0.05) is 16.0 Å². The maximum absolute atomic E-state index is 12.2. The molecule has 0 bridgehead atoms. The molecule has 0 radical (unpaired) electrons. The number of carbonyl (C=O) groups excluding carboxylic acids is 1. The Labute approximate surface area is 146 Å². The lowest BCUT2D eigenvalue weighted by atomic mass is 10.1. The van der Waals surface area contributed by atoms with Crippen LogP contribution in [-0.2, 0) is 0 Å². The maximum atomic E-state index is 12.2. The van der Waals surface area contributed by atoms with Crippen molar-refractivity contribution >= 4 is 22.4 Å². The molecule has 25 heavy (non-hydrogen) atoms. The molecular formula is C17H14N2O5S. The Morgan fingerprint density at radius 2 is 1.60 bits per heavy atom. The summed E-state index contributed by atoms with van der Waals surface area (Å²) in [5.74, 6) is -1.66. The minimum atomic E-state index is -0.482. The molecule has 7 nitrogen and oxygen atoms in total. The van der Waals surface area contributed by atoms with Gasteiger partial charge in [-0.3, -0.25) is 10.1 Å². The number of amides is 1. The molecule has 0 aliphatic rings. The lowest BCUT2D eigenvalue weighted by Gasteiger charge is -2.03. The van der Waals surface area contributed by atoms with Gasteiger partial charge in [0.15, 0.2) is 28.1 Å². The predicted molar refractivity (Wildman–Crippen MR) is 93.3 cm³/mol. The van der Waals surface area contributed by atoms with Gasteiger partial charge in [0.2, 0.25) is 0 Å². The van der Waals surface area contributed by atoms with Crippen LogP contribution >= 0.6 is 11.3 Å². The van der Waals surface area contributed by atoms with Crippen molar-refractivity contribution in [2.75, 3.05) is 5.32 Å². The zero-order chi connectivity index (χ0) is 18.1. The van der Waals surface area contributed by atoms with Crippen molar-refractivity contribution in [1.29, 1.82) is 0 Å². The average molecular weight is 358 g/mol. The summed E-state index contributed by atoms with van der Waals surface area (Å²) in [6.45, 7) is 1.82. The quantitative estimate of drug-likeness (QED) is 0.458. The largest absolute Gasteiger partial charge is 0.504 e. The molecule has 0 fully saturated rings. The topological polar surface area (TPSA) is 123 Å². The predicted octanol–water partition coefficient (Wildman–Crippen LogP) is 3.19. The Hall–Kier alpha value is -3.26. The average Bonchev–Trinajstić information content (AvgIpc) is 2.93. The Kier molecular flexibility index (Phi) is 4.20. The van der Waals surface area contributed by atoms with Crippen LogP contribution < -0.4 is 5.32 Å². The molecule has 1 heterocycles. The SMILES string of the molecule is Cc1sc(NC(=O)c2ccc(O)c(O)c2)nc1-c1ccc(O)c(O)c1. The monoisotopic (exact) mass is 358 g/mol. The Balaban J connectivity index is 1.85. The fourth-order valence-corrected chi connectivity index (χ4v) is 3.05. The lowest BCUT2D eigenvalue weighted by molar-refractivity contribution is 0.102. The second-order valence-electron chi connectivity index (χ2n) is 5.28. The highest BCUT2D eigenvalue weighted by Gasteiger charge is 2.15. The van der Waals surface area contributed by atoms with Crippen molar-refractivity contribution in [2.24, 2.45) is 0 Å². The number of nitrogens with zero attached hydrogens (tertiary/aromatic N) is 1. The van der Waals surface area contributed by atoms with Gasteiger partial charge < -0.3 is 20.4 Å². The molecular weight excluding hydrogens is 344 g/mol. The number of benzene rings is 2. The number of hydrogen-bond donors (Lipinski definition) is 5. The van der Waals surface area contributed by atoms with E-state index in [2.05, 4.69) is 10.3 Å². The number of carbonyl (C=O) groups is 1. The van der Waals surface area contributed by atoms with Gasteiger partial charge >= 0.3 is 0 Å². The zero-order valence-electron chi connectivity index (χ0n) is 13.0. The molecule has 0 atom stereocenters. The lowest BCUT2D eigenvalue weighted by Crippen LogP contribution is -2.11. The third-order valence-electron chi connectivity index (χ3n) is 3.50.